The second-order valence-corrected chi connectivity index (χ2v) is 6.27. The molecular weight excluding hydrogens is 306 g/mol. The van der Waals surface area contributed by atoms with Crippen molar-refractivity contribution < 1.29 is 14.9 Å². The van der Waals surface area contributed by atoms with Crippen LogP contribution in [0, 0.1) is 0 Å². The average Bonchev–Trinajstić information content (AvgIpc) is 3.00. The van der Waals surface area contributed by atoms with Crippen LogP contribution in [0.15, 0.2) is 18.2 Å². The molecule has 1 aromatic heterocycles. The molecule has 0 spiro atoms. The summed E-state index contributed by atoms with van der Waals surface area (Å²) in [6.07, 6.45) is 2.93. The molecule has 1 heterocycles. The van der Waals surface area contributed by atoms with Gasteiger partial charge in [0.2, 0.25) is 0 Å². The molecule has 6 heteroatoms. The number of aliphatic hydroxyl groups is 2. The van der Waals surface area contributed by atoms with Gasteiger partial charge in [-0.25, -0.2) is 0 Å². The lowest BCUT2D eigenvalue weighted by Crippen LogP contribution is -2.19. The zero-order valence-corrected chi connectivity index (χ0v) is 14.7. The van der Waals surface area contributed by atoms with Gasteiger partial charge in [0.15, 0.2) is 0 Å². The summed E-state index contributed by atoms with van der Waals surface area (Å²) in [5.41, 5.74) is 1.97. The number of rotatable bonds is 11. The van der Waals surface area contributed by atoms with Gasteiger partial charge >= 0.3 is 0 Å². The van der Waals surface area contributed by atoms with E-state index in [9.17, 15) is 5.11 Å². The van der Waals surface area contributed by atoms with E-state index < -0.39 is 6.10 Å². The first kappa shape index (κ1) is 18.7. The van der Waals surface area contributed by atoms with Crippen LogP contribution in [0.25, 0.3) is 10.9 Å². The number of aromatic amines is 1. The summed E-state index contributed by atoms with van der Waals surface area (Å²) < 4.78 is 5.90. The van der Waals surface area contributed by atoms with Crippen molar-refractivity contribution in [3.05, 3.63) is 23.9 Å². The Bertz CT molecular complexity index is 615. The van der Waals surface area contributed by atoms with Gasteiger partial charge in [0.25, 0.3) is 0 Å². The minimum absolute atomic E-state index is 0.203. The number of aliphatic hydroxyl groups excluding tert-OH is 2. The van der Waals surface area contributed by atoms with Crippen molar-refractivity contribution in [2.45, 2.75) is 45.3 Å². The highest BCUT2D eigenvalue weighted by molar-refractivity contribution is 5.87. The van der Waals surface area contributed by atoms with Crippen LogP contribution in [0.4, 0.5) is 0 Å². The minimum atomic E-state index is -0.666. The van der Waals surface area contributed by atoms with Crippen LogP contribution in [0.1, 0.15) is 38.3 Å². The summed E-state index contributed by atoms with van der Waals surface area (Å²) in [6, 6.07) is 5.87. The molecule has 24 heavy (non-hydrogen) atoms. The van der Waals surface area contributed by atoms with E-state index in [0.29, 0.717) is 19.4 Å². The van der Waals surface area contributed by atoms with Crippen LogP contribution in [0.3, 0.4) is 0 Å². The molecule has 2 aromatic rings. The maximum absolute atomic E-state index is 9.38. The molecule has 1 unspecified atom stereocenters. The van der Waals surface area contributed by atoms with E-state index in [4.69, 9.17) is 9.84 Å². The van der Waals surface area contributed by atoms with Gasteiger partial charge in [-0.15, -0.1) is 0 Å². The topological polar surface area (TPSA) is 81.6 Å². The fourth-order valence-electron chi connectivity index (χ4n) is 2.70. The van der Waals surface area contributed by atoms with Crippen molar-refractivity contribution in [1.29, 1.82) is 0 Å². The molecule has 0 saturated heterocycles. The Hall–Kier alpha value is -1.63. The second kappa shape index (κ2) is 9.61. The Labute approximate surface area is 143 Å². The fourth-order valence-corrected chi connectivity index (χ4v) is 2.70. The Balaban J connectivity index is 2.03. The normalized spacial score (nSPS) is 12.9. The van der Waals surface area contributed by atoms with Crippen molar-refractivity contribution in [1.82, 2.24) is 15.1 Å². The lowest BCUT2D eigenvalue weighted by atomic mass is 10.1. The zero-order chi connectivity index (χ0) is 17.4. The van der Waals surface area contributed by atoms with Gasteiger partial charge in [0.1, 0.15) is 5.75 Å². The molecule has 3 N–H and O–H groups in total. The number of H-pyrrole nitrogens is 1. The lowest BCUT2D eigenvalue weighted by Gasteiger charge is -2.16. The molecule has 134 valence electrons. The van der Waals surface area contributed by atoms with Crippen molar-refractivity contribution in [2.24, 2.45) is 0 Å². The number of ether oxygens (including phenoxy) is 1. The molecule has 0 aliphatic heterocycles. The van der Waals surface area contributed by atoms with E-state index in [2.05, 4.69) is 29.1 Å². The summed E-state index contributed by atoms with van der Waals surface area (Å²) in [5.74, 6) is 0.818. The van der Waals surface area contributed by atoms with Crippen LogP contribution in [0.5, 0.6) is 5.75 Å². The Morgan fingerprint density at radius 1 is 1.33 bits per heavy atom. The molecule has 1 aromatic carbocycles. The molecule has 0 bridgehead atoms. The quantitative estimate of drug-likeness (QED) is 0.549. The molecule has 2 rings (SSSR count). The van der Waals surface area contributed by atoms with Crippen LogP contribution >= 0.6 is 0 Å². The maximum Gasteiger partial charge on any atom is 0.130 e. The predicted molar refractivity (Wildman–Crippen MR) is 95.2 cm³/mol. The number of fused-ring (bicyclic) bond motifs is 1. The maximum atomic E-state index is 9.38. The zero-order valence-electron chi connectivity index (χ0n) is 14.7. The summed E-state index contributed by atoms with van der Waals surface area (Å²) in [7, 11) is 2.11. The van der Waals surface area contributed by atoms with E-state index in [0.717, 1.165) is 35.4 Å². The molecule has 0 aliphatic rings. The van der Waals surface area contributed by atoms with E-state index in [1.54, 1.807) is 0 Å². The van der Waals surface area contributed by atoms with Crippen molar-refractivity contribution in [3.63, 3.8) is 0 Å². The summed E-state index contributed by atoms with van der Waals surface area (Å²) in [5, 5.41) is 26.8. The molecule has 0 amide bonds. The van der Waals surface area contributed by atoms with Crippen LogP contribution < -0.4 is 4.74 Å². The van der Waals surface area contributed by atoms with Gasteiger partial charge in [-0.1, -0.05) is 19.4 Å². The van der Waals surface area contributed by atoms with Crippen LogP contribution in [-0.4, -0.2) is 58.2 Å². The van der Waals surface area contributed by atoms with Crippen molar-refractivity contribution >= 4 is 10.9 Å². The van der Waals surface area contributed by atoms with E-state index in [1.807, 2.05) is 18.2 Å². The highest BCUT2D eigenvalue weighted by Gasteiger charge is 2.13. The Morgan fingerprint density at radius 2 is 2.17 bits per heavy atom. The molecule has 0 aliphatic carbocycles. The van der Waals surface area contributed by atoms with Gasteiger partial charge in [-0.3, -0.25) is 5.10 Å². The molecule has 6 nitrogen and oxygen atoms in total. The van der Waals surface area contributed by atoms with Gasteiger partial charge in [0.05, 0.1) is 35.9 Å². The van der Waals surface area contributed by atoms with Crippen molar-refractivity contribution in [2.75, 3.05) is 26.8 Å². The third-order valence-corrected chi connectivity index (χ3v) is 4.09. The first-order valence-electron chi connectivity index (χ1n) is 8.72. The number of nitrogens with one attached hydrogen (secondary N) is 1. The molecular formula is C18H29N3O3. The van der Waals surface area contributed by atoms with Gasteiger partial charge in [-0.2, -0.15) is 5.10 Å². The number of aromatic nitrogens is 2. The third kappa shape index (κ3) is 5.19. The lowest BCUT2D eigenvalue weighted by molar-refractivity contribution is 0.0828. The van der Waals surface area contributed by atoms with Gasteiger partial charge in [-0.05, 0) is 45.0 Å². The predicted octanol–water partition coefficient (Wildman–Crippen LogP) is 2.31. The van der Waals surface area contributed by atoms with E-state index >= 15 is 0 Å². The summed E-state index contributed by atoms with van der Waals surface area (Å²) >= 11 is 0. The third-order valence-electron chi connectivity index (χ3n) is 4.09. The highest BCUT2D eigenvalue weighted by Crippen LogP contribution is 2.28. The smallest absolute Gasteiger partial charge is 0.130 e. The molecule has 0 saturated carbocycles. The first-order valence-corrected chi connectivity index (χ1v) is 8.72. The van der Waals surface area contributed by atoms with Gasteiger partial charge < -0.3 is 19.8 Å². The number of hydrogen-bond donors (Lipinski definition) is 3. The number of hydrogen-bond acceptors (Lipinski definition) is 5. The Kier molecular flexibility index (Phi) is 7.49. The van der Waals surface area contributed by atoms with Crippen LogP contribution in [-0.2, 0) is 6.54 Å². The fraction of sp³-hybridized carbons (Fsp3) is 0.611. The van der Waals surface area contributed by atoms with Crippen LogP contribution in [0.2, 0.25) is 0 Å². The average molecular weight is 335 g/mol. The standard InChI is InChI=1S/C18H29N3O3/c1-3-4-10-21(2)12-16-18-15(19-20-16)8-5-9-17(18)24-11-6-7-14(23)13-22/h5,8-9,14,22-23H,3-4,6-7,10-13H2,1-2H3,(H,19,20). The first-order chi connectivity index (χ1) is 11.7. The Morgan fingerprint density at radius 3 is 2.92 bits per heavy atom. The molecule has 0 radical (unpaired) electrons. The number of nitrogens with zero attached hydrogens (tertiary/aromatic N) is 2. The summed E-state index contributed by atoms with van der Waals surface area (Å²) in [4.78, 5) is 2.28. The largest absolute Gasteiger partial charge is 0.493 e. The highest BCUT2D eigenvalue weighted by atomic mass is 16.5. The van der Waals surface area contributed by atoms with Gasteiger partial charge in [0, 0.05) is 6.54 Å². The number of benzene rings is 1. The summed E-state index contributed by atoms with van der Waals surface area (Å²) in [6.45, 7) is 4.36. The van der Waals surface area contributed by atoms with E-state index in [1.165, 1.54) is 12.8 Å². The molecule has 1 atom stereocenters. The minimum Gasteiger partial charge on any atom is -0.493 e. The number of unbranched alkanes of at least 4 members (excludes halogenated alkanes) is 1. The SMILES string of the molecule is CCCCN(C)Cc1[nH]nc2cccc(OCCCC(O)CO)c12. The molecule has 0 fully saturated rings. The van der Waals surface area contributed by atoms with Crippen molar-refractivity contribution in [3.8, 4) is 5.75 Å². The second-order valence-electron chi connectivity index (χ2n) is 6.27. The van der Waals surface area contributed by atoms with E-state index in [-0.39, 0.29) is 6.61 Å². The monoisotopic (exact) mass is 335 g/mol.